The lowest BCUT2D eigenvalue weighted by Crippen LogP contribution is -2.41. The molecule has 1 saturated heterocycles. The fourth-order valence-corrected chi connectivity index (χ4v) is 3.63. The van der Waals surface area contributed by atoms with Gasteiger partial charge in [0.05, 0.1) is 6.10 Å². The maximum Gasteiger partial charge on any atom is 0.191 e. The monoisotopic (exact) mass is 521 g/mol. The fourth-order valence-electron chi connectivity index (χ4n) is 3.63. The number of benzene rings is 2. The number of ether oxygens (including phenoxy) is 2. The molecule has 162 valence electrons. The van der Waals surface area contributed by atoms with Crippen molar-refractivity contribution >= 4 is 29.9 Å². The molecule has 1 heterocycles. The molecule has 1 aliphatic rings. The van der Waals surface area contributed by atoms with Crippen LogP contribution in [0.4, 0.5) is 0 Å². The lowest BCUT2D eigenvalue weighted by atomic mass is 9.89. The van der Waals surface area contributed by atoms with Gasteiger partial charge in [-0.3, -0.25) is 4.99 Å². The molecule has 3 rings (SSSR count). The van der Waals surface area contributed by atoms with Gasteiger partial charge in [-0.15, -0.1) is 24.0 Å². The molecule has 6 heteroatoms. The Morgan fingerprint density at radius 3 is 2.70 bits per heavy atom. The van der Waals surface area contributed by atoms with Gasteiger partial charge in [0.1, 0.15) is 12.4 Å². The summed E-state index contributed by atoms with van der Waals surface area (Å²) in [7, 11) is 1.79. The van der Waals surface area contributed by atoms with E-state index in [9.17, 15) is 0 Å². The van der Waals surface area contributed by atoms with Crippen LogP contribution in [0, 0.1) is 5.92 Å². The van der Waals surface area contributed by atoms with Crippen LogP contribution in [0.3, 0.4) is 0 Å². The minimum atomic E-state index is 0. The van der Waals surface area contributed by atoms with Gasteiger partial charge in [-0.25, -0.2) is 0 Å². The first kappa shape index (κ1) is 24.2. The second kappa shape index (κ2) is 13.3. The summed E-state index contributed by atoms with van der Waals surface area (Å²) in [6.07, 6.45) is 4.11. The summed E-state index contributed by atoms with van der Waals surface area (Å²) in [5, 5.41) is 6.86. The van der Waals surface area contributed by atoms with Crippen LogP contribution in [0.2, 0.25) is 0 Å². The number of nitrogens with zero attached hydrogens (tertiary/aromatic N) is 1. The van der Waals surface area contributed by atoms with Gasteiger partial charge in [0.2, 0.25) is 0 Å². The predicted octanol–water partition coefficient (Wildman–Crippen LogP) is 4.70. The highest BCUT2D eigenvalue weighted by Gasteiger charge is 2.27. The van der Waals surface area contributed by atoms with Crippen LogP contribution in [0.1, 0.15) is 30.1 Å². The van der Waals surface area contributed by atoms with Crippen LogP contribution >= 0.6 is 24.0 Å². The molecule has 2 aromatic rings. The Hall–Kier alpha value is -2.06. The highest BCUT2D eigenvalue weighted by molar-refractivity contribution is 14.0. The number of nitrogens with one attached hydrogen (secondary N) is 2. The molecular weight excluding hydrogens is 489 g/mol. The van der Waals surface area contributed by atoms with Crippen LogP contribution in [0.15, 0.2) is 72.2 Å². The van der Waals surface area contributed by atoms with E-state index in [1.54, 1.807) is 13.1 Å². The number of halogens is 1. The van der Waals surface area contributed by atoms with Crippen molar-refractivity contribution in [2.45, 2.75) is 25.5 Å². The van der Waals surface area contributed by atoms with Crippen LogP contribution < -0.4 is 15.4 Å². The van der Waals surface area contributed by atoms with Crippen molar-refractivity contribution in [1.82, 2.24) is 10.6 Å². The van der Waals surface area contributed by atoms with E-state index in [2.05, 4.69) is 52.5 Å². The average molecular weight is 521 g/mol. The molecule has 2 unspecified atom stereocenters. The third kappa shape index (κ3) is 7.02. The summed E-state index contributed by atoms with van der Waals surface area (Å²) >= 11 is 0. The Labute approximate surface area is 197 Å². The summed E-state index contributed by atoms with van der Waals surface area (Å²) in [4.78, 5) is 4.37. The molecule has 30 heavy (non-hydrogen) atoms. The summed E-state index contributed by atoms with van der Waals surface area (Å²) < 4.78 is 11.8. The normalized spacial score (nSPS) is 18.8. The van der Waals surface area contributed by atoms with Crippen molar-refractivity contribution in [2.24, 2.45) is 10.9 Å². The molecule has 0 saturated carbocycles. The Bertz CT molecular complexity index is 798. The van der Waals surface area contributed by atoms with E-state index < -0.39 is 0 Å². The van der Waals surface area contributed by atoms with E-state index in [-0.39, 0.29) is 30.1 Å². The summed E-state index contributed by atoms with van der Waals surface area (Å²) in [5.74, 6) is 2.05. The third-order valence-corrected chi connectivity index (χ3v) is 5.10. The number of rotatable bonds is 8. The first-order valence-corrected chi connectivity index (χ1v) is 10.2. The molecule has 1 aliphatic heterocycles. The van der Waals surface area contributed by atoms with Gasteiger partial charge in [-0.2, -0.15) is 0 Å². The first-order chi connectivity index (χ1) is 14.3. The minimum Gasteiger partial charge on any atom is -0.489 e. The van der Waals surface area contributed by atoms with E-state index in [1.165, 1.54) is 5.56 Å². The first-order valence-electron chi connectivity index (χ1n) is 10.2. The maximum atomic E-state index is 6.10. The molecule has 2 atom stereocenters. The SMILES string of the molecule is C=CCOc1ccccc1CNC(=NC)NCC1CCCOC1c1ccccc1.I. The lowest BCUT2D eigenvalue weighted by Gasteiger charge is -2.32. The quantitative estimate of drug-likeness (QED) is 0.229. The fraction of sp³-hybridized carbons (Fsp3) is 0.375. The zero-order chi connectivity index (χ0) is 20.3. The van der Waals surface area contributed by atoms with E-state index in [0.717, 1.165) is 43.3 Å². The van der Waals surface area contributed by atoms with E-state index in [4.69, 9.17) is 9.47 Å². The van der Waals surface area contributed by atoms with Crippen molar-refractivity contribution in [2.75, 3.05) is 26.8 Å². The molecular formula is C24H32IN3O2. The molecule has 0 amide bonds. The number of hydrogen-bond acceptors (Lipinski definition) is 3. The van der Waals surface area contributed by atoms with Crippen molar-refractivity contribution in [3.05, 3.63) is 78.4 Å². The largest absolute Gasteiger partial charge is 0.489 e. The van der Waals surface area contributed by atoms with Crippen molar-refractivity contribution in [1.29, 1.82) is 0 Å². The number of guanidine groups is 1. The van der Waals surface area contributed by atoms with Crippen LogP contribution in [0.5, 0.6) is 5.75 Å². The van der Waals surface area contributed by atoms with Gasteiger partial charge in [0.25, 0.3) is 0 Å². The standard InChI is InChI=1S/C24H31N3O2.HI/c1-3-15-28-22-14-8-7-12-20(22)17-26-24(25-2)27-18-21-13-9-16-29-23(21)19-10-5-4-6-11-19;/h3-8,10-12,14,21,23H,1,9,13,15-18H2,2H3,(H2,25,26,27);1H. The molecule has 0 aliphatic carbocycles. The Morgan fingerprint density at radius 2 is 1.93 bits per heavy atom. The number of hydrogen-bond donors (Lipinski definition) is 2. The zero-order valence-electron chi connectivity index (χ0n) is 17.5. The van der Waals surface area contributed by atoms with Crippen LogP contribution in [-0.4, -0.2) is 32.8 Å². The van der Waals surface area contributed by atoms with Gasteiger partial charge < -0.3 is 20.1 Å². The molecule has 0 bridgehead atoms. The third-order valence-electron chi connectivity index (χ3n) is 5.10. The predicted molar refractivity (Wildman–Crippen MR) is 134 cm³/mol. The maximum absolute atomic E-state index is 6.10. The Balaban J connectivity index is 0.00000320. The highest BCUT2D eigenvalue weighted by atomic mass is 127. The smallest absolute Gasteiger partial charge is 0.191 e. The Kier molecular flexibility index (Phi) is 10.7. The molecule has 2 N–H and O–H groups in total. The van der Waals surface area contributed by atoms with Crippen molar-refractivity contribution in [3.63, 3.8) is 0 Å². The van der Waals surface area contributed by atoms with Crippen molar-refractivity contribution < 1.29 is 9.47 Å². The topological polar surface area (TPSA) is 54.9 Å². The molecule has 2 aromatic carbocycles. The second-order valence-corrected chi connectivity index (χ2v) is 7.12. The van der Waals surface area contributed by atoms with E-state index in [1.807, 2.05) is 24.3 Å². The number of aliphatic imine (C=N–C) groups is 1. The van der Waals surface area contributed by atoms with Gasteiger partial charge in [-0.1, -0.05) is 61.2 Å². The summed E-state index contributed by atoms with van der Waals surface area (Å²) in [6, 6.07) is 18.5. The minimum absolute atomic E-state index is 0. The molecule has 0 radical (unpaired) electrons. The van der Waals surface area contributed by atoms with Crippen LogP contribution in [-0.2, 0) is 11.3 Å². The molecule has 0 spiro atoms. The number of para-hydroxylation sites is 1. The van der Waals surface area contributed by atoms with Gasteiger partial charge in [-0.05, 0) is 24.5 Å². The summed E-state index contributed by atoms with van der Waals surface area (Å²) in [6.45, 7) is 6.47. The second-order valence-electron chi connectivity index (χ2n) is 7.12. The highest BCUT2D eigenvalue weighted by Crippen LogP contribution is 2.33. The lowest BCUT2D eigenvalue weighted by molar-refractivity contribution is -0.0265. The van der Waals surface area contributed by atoms with E-state index in [0.29, 0.717) is 19.1 Å². The average Bonchev–Trinajstić information content (AvgIpc) is 2.79. The van der Waals surface area contributed by atoms with E-state index >= 15 is 0 Å². The molecule has 1 fully saturated rings. The van der Waals surface area contributed by atoms with Crippen LogP contribution in [0.25, 0.3) is 0 Å². The summed E-state index contributed by atoms with van der Waals surface area (Å²) in [5.41, 5.74) is 2.33. The van der Waals surface area contributed by atoms with Gasteiger partial charge >= 0.3 is 0 Å². The van der Waals surface area contributed by atoms with Gasteiger partial charge in [0, 0.05) is 38.2 Å². The molecule has 0 aromatic heterocycles. The van der Waals surface area contributed by atoms with Gasteiger partial charge in [0.15, 0.2) is 5.96 Å². The Morgan fingerprint density at radius 1 is 1.17 bits per heavy atom. The zero-order valence-corrected chi connectivity index (χ0v) is 19.9. The molecule has 5 nitrogen and oxygen atoms in total. The van der Waals surface area contributed by atoms with Crippen molar-refractivity contribution in [3.8, 4) is 5.75 Å².